The van der Waals surface area contributed by atoms with Crippen LogP contribution < -0.4 is 20.9 Å². The van der Waals surface area contributed by atoms with E-state index >= 15 is 4.39 Å². The molecule has 0 aromatic heterocycles. The van der Waals surface area contributed by atoms with Crippen LogP contribution in [0.15, 0.2) is 12.1 Å². The molecule has 0 saturated carbocycles. The maximum Gasteiger partial charge on any atom is 0.249 e. The predicted molar refractivity (Wildman–Crippen MR) is 111 cm³/mol. The summed E-state index contributed by atoms with van der Waals surface area (Å²) in [5.41, 5.74) is -1.39. The number of hydrogen-bond donors (Lipinski definition) is 3. The number of alkyl halides is 1. The van der Waals surface area contributed by atoms with Crippen LogP contribution in [-0.4, -0.2) is 74.2 Å². The van der Waals surface area contributed by atoms with E-state index < -0.39 is 29.3 Å². The number of anilines is 2. The van der Waals surface area contributed by atoms with Crippen molar-refractivity contribution in [2.45, 2.75) is 37.4 Å². The highest BCUT2D eigenvalue weighted by Gasteiger charge is 2.38. The first-order chi connectivity index (χ1) is 14.8. The molecule has 3 fully saturated rings. The molecule has 1 unspecified atom stereocenters. The van der Waals surface area contributed by atoms with Gasteiger partial charge < -0.3 is 15.5 Å². The zero-order valence-electron chi connectivity index (χ0n) is 17.4. The average molecular weight is 439 g/mol. The van der Waals surface area contributed by atoms with Gasteiger partial charge in [0.25, 0.3) is 0 Å². The Morgan fingerprint density at radius 3 is 2.32 bits per heavy atom. The van der Waals surface area contributed by atoms with Gasteiger partial charge in [0.05, 0.1) is 0 Å². The Kier molecular flexibility index (Phi) is 6.38. The molecule has 4 rings (SSSR count). The summed E-state index contributed by atoms with van der Waals surface area (Å²) in [6, 6.07) is 1.55. The van der Waals surface area contributed by atoms with E-state index in [-0.39, 0.29) is 56.1 Å². The lowest BCUT2D eigenvalue weighted by molar-refractivity contribution is -0.133. The van der Waals surface area contributed by atoms with Crippen LogP contribution in [0.2, 0.25) is 0 Å². The van der Waals surface area contributed by atoms with Crippen LogP contribution in [-0.2, 0) is 9.59 Å². The summed E-state index contributed by atoms with van der Waals surface area (Å²) in [5, 5.41) is 8.23. The van der Waals surface area contributed by atoms with Crippen molar-refractivity contribution in [3.05, 3.63) is 23.8 Å². The van der Waals surface area contributed by atoms with Gasteiger partial charge in [-0.1, -0.05) is 0 Å². The summed E-state index contributed by atoms with van der Waals surface area (Å²) in [4.78, 5) is 26.8. The fourth-order valence-electron chi connectivity index (χ4n) is 4.54. The molecule has 7 nitrogen and oxygen atoms in total. The Bertz CT molecular complexity index is 815. The third kappa shape index (κ3) is 5.12. The SMILES string of the molecule is O=C1CCC(Nc2cc(F)c(N3CCC(F)(CN4CCNCC4)CC3)c(F)c2)C(=O)N1. The van der Waals surface area contributed by atoms with Crippen LogP contribution in [0.5, 0.6) is 0 Å². The highest BCUT2D eigenvalue weighted by molar-refractivity contribution is 6.01. The second-order valence-electron chi connectivity index (χ2n) is 8.60. The number of imide groups is 1. The molecule has 3 N–H and O–H groups in total. The first-order valence-electron chi connectivity index (χ1n) is 10.8. The Hall–Kier alpha value is -2.33. The average Bonchev–Trinajstić information content (AvgIpc) is 2.72. The molecule has 1 aromatic carbocycles. The summed E-state index contributed by atoms with van der Waals surface area (Å²) < 4.78 is 44.9. The maximum atomic E-state index is 15.3. The minimum atomic E-state index is -1.35. The summed E-state index contributed by atoms with van der Waals surface area (Å²) in [5.74, 6) is -2.39. The van der Waals surface area contributed by atoms with Gasteiger partial charge in [0, 0.05) is 70.8 Å². The van der Waals surface area contributed by atoms with E-state index in [0.717, 1.165) is 38.3 Å². The fraction of sp³-hybridized carbons (Fsp3) is 0.619. The highest BCUT2D eigenvalue weighted by atomic mass is 19.1. The second-order valence-corrected chi connectivity index (χ2v) is 8.60. The van der Waals surface area contributed by atoms with Gasteiger partial charge in [-0.2, -0.15) is 0 Å². The molecule has 31 heavy (non-hydrogen) atoms. The van der Waals surface area contributed by atoms with Gasteiger partial charge in [-0.25, -0.2) is 13.2 Å². The molecule has 0 spiro atoms. The number of nitrogens with one attached hydrogen (secondary N) is 3. The molecule has 0 bridgehead atoms. The number of hydrogen-bond acceptors (Lipinski definition) is 6. The smallest absolute Gasteiger partial charge is 0.249 e. The zero-order valence-corrected chi connectivity index (χ0v) is 17.4. The number of halogens is 3. The molecule has 0 aliphatic carbocycles. The van der Waals surface area contributed by atoms with E-state index in [9.17, 15) is 18.4 Å². The number of nitrogens with zero attached hydrogens (tertiary/aromatic N) is 2. The third-order valence-electron chi connectivity index (χ3n) is 6.29. The van der Waals surface area contributed by atoms with Gasteiger partial charge in [0.2, 0.25) is 11.8 Å². The van der Waals surface area contributed by atoms with E-state index in [1.54, 1.807) is 4.90 Å². The van der Waals surface area contributed by atoms with Crippen LogP contribution in [0.4, 0.5) is 24.5 Å². The Morgan fingerprint density at radius 2 is 1.71 bits per heavy atom. The number of rotatable bonds is 5. The molecule has 10 heteroatoms. The number of carbonyl (C=O) groups excluding carboxylic acids is 2. The molecular formula is C21H28F3N5O2. The third-order valence-corrected chi connectivity index (χ3v) is 6.29. The lowest BCUT2D eigenvalue weighted by Crippen LogP contribution is -2.52. The first-order valence-corrected chi connectivity index (χ1v) is 10.8. The summed E-state index contributed by atoms with van der Waals surface area (Å²) >= 11 is 0. The largest absolute Gasteiger partial charge is 0.373 e. The van der Waals surface area contributed by atoms with Crippen molar-refractivity contribution in [1.29, 1.82) is 0 Å². The van der Waals surface area contributed by atoms with Gasteiger partial charge in [-0.3, -0.25) is 19.8 Å². The van der Waals surface area contributed by atoms with Crippen LogP contribution >= 0.6 is 0 Å². The molecule has 2 amide bonds. The molecule has 1 atom stereocenters. The molecule has 0 radical (unpaired) electrons. The molecule has 3 heterocycles. The van der Waals surface area contributed by atoms with Crippen molar-refractivity contribution in [2.24, 2.45) is 0 Å². The van der Waals surface area contributed by atoms with E-state index in [1.165, 1.54) is 0 Å². The van der Waals surface area contributed by atoms with Crippen LogP contribution in [0.1, 0.15) is 25.7 Å². The Balaban J connectivity index is 1.38. The van der Waals surface area contributed by atoms with Gasteiger partial charge in [0.15, 0.2) is 11.6 Å². The number of benzene rings is 1. The van der Waals surface area contributed by atoms with Gasteiger partial charge in [-0.15, -0.1) is 0 Å². The number of amides is 2. The molecule has 3 aliphatic rings. The molecule has 3 aliphatic heterocycles. The lowest BCUT2D eigenvalue weighted by Gasteiger charge is -2.41. The number of piperazine rings is 1. The van der Waals surface area contributed by atoms with Crippen molar-refractivity contribution in [3.8, 4) is 0 Å². The van der Waals surface area contributed by atoms with Crippen molar-refractivity contribution in [3.63, 3.8) is 0 Å². The second kappa shape index (κ2) is 9.04. The monoisotopic (exact) mass is 439 g/mol. The maximum absolute atomic E-state index is 15.3. The van der Waals surface area contributed by atoms with Crippen LogP contribution in [0, 0.1) is 11.6 Å². The standard InChI is InChI=1S/C21H28F3N5O2/c22-15-11-14(26-17-1-2-18(30)27-20(17)31)12-16(23)19(15)29-7-3-21(24,4-8-29)13-28-9-5-25-6-10-28/h11-12,17,25-26H,1-10,13H2,(H,27,30,31). The molecule has 1 aromatic rings. The molecule has 3 saturated heterocycles. The lowest BCUT2D eigenvalue weighted by atomic mass is 9.92. The fourth-order valence-corrected chi connectivity index (χ4v) is 4.54. The summed E-state index contributed by atoms with van der Waals surface area (Å²) in [7, 11) is 0. The van der Waals surface area contributed by atoms with Crippen LogP contribution in [0.25, 0.3) is 0 Å². The van der Waals surface area contributed by atoms with Crippen molar-refractivity contribution < 1.29 is 22.8 Å². The van der Waals surface area contributed by atoms with Crippen molar-refractivity contribution in [1.82, 2.24) is 15.5 Å². The van der Waals surface area contributed by atoms with E-state index in [0.29, 0.717) is 6.54 Å². The minimum Gasteiger partial charge on any atom is -0.373 e. The topological polar surface area (TPSA) is 76.7 Å². The Labute approximate surface area is 179 Å². The summed E-state index contributed by atoms with van der Waals surface area (Å²) in [6.45, 7) is 4.12. The Morgan fingerprint density at radius 1 is 1.06 bits per heavy atom. The van der Waals surface area contributed by atoms with Crippen LogP contribution in [0.3, 0.4) is 0 Å². The van der Waals surface area contributed by atoms with Gasteiger partial charge in [0.1, 0.15) is 17.4 Å². The van der Waals surface area contributed by atoms with Crippen molar-refractivity contribution >= 4 is 23.2 Å². The molecule has 170 valence electrons. The zero-order chi connectivity index (χ0) is 22.0. The predicted octanol–water partition coefficient (Wildman–Crippen LogP) is 1.40. The van der Waals surface area contributed by atoms with Gasteiger partial charge >= 0.3 is 0 Å². The quantitative estimate of drug-likeness (QED) is 0.603. The molecular weight excluding hydrogens is 411 g/mol. The summed E-state index contributed by atoms with van der Waals surface area (Å²) in [6.07, 6.45) is 0.852. The normalized spacial score (nSPS) is 24.7. The van der Waals surface area contributed by atoms with Crippen molar-refractivity contribution in [2.75, 3.05) is 56.0 Å². The minimum absolute atomic E-state index is 0.129. The highest BCUT2D eigenvalue weighted by Crippen LogP contribution is 2.34. The number of piperidine rings is 2. The van der Waals surface area contributed by atoms with E-state index in [2.05, 4.69) is 20.9 Å². The van der Waals surface area contributed by atoms with Gasteiger partial charge in [-0.05, 0) is 18.6 Å². The van der Waals surface area contributed by atoms with E-state index in [4.69, 9.17) is 0 Å². The number of carbonyl (C=O) groups is 2. The van der Waals surface area contributed by atoms with E-state index in [1.807, 2.05) is 0 Å². The first kappa shape index (κ1) is 21.9.